The summed E-state index contributed by atoms with van der Waals surface area (Å²) in [4.78, 5) is 19.3. The summed E-state index contributed by atoms with van der Waals surface area (Å²) >= 11 is 9.46. The maximum Gasteiger partial charge on any atom is 0.241 e. The first kappa shape index (κ1) is 21.0. The Morgan fingerprint density at radius 1 is 1.23 bits per heavy atom. The van der Waals surface area contributed by atoms with E-state index in [1.807, 2.05) is 43.3 Å². The molecule has 0 unspecified atom stereocenters. The number of amides is 1. The minimum Gasteiger partial charge on any atom is -0.338 e. The van der Waals surface area contributed by atoms with Gasteiger partial charge < -0.3 is 9.84 Å². The van der Waals surface area contributed by atoms with E-state index in [1.54, 1.807) is 6.07 Å². The average molecular weight is 490 g/mol. The van der Waals surface area contributed by atoms with Crippen molar-refractivity contribution in [2.45, 2.75) is 26.3 Å². The van der Waals surface area contributed by atoms with Crippen LogP contribution in [0.25, 0.3) is 11.4 Å². The van der Waals surface area contributed by atoms with Crippen molar-refractivity contribution in [1.82, 2.24) is 15.0 Å². The zero-order valence-electron chi connectivity index (χ0n) is 16.6. The molecule has 1 aliphatic rings. The van der Waals surface area contributed by atoms with Gasteiger partial charge in [-0.3, -0.25) is 9.69 Å². The van der Waals surface area contributed by atoms with Crippen molar-refractivity contribution in [3.8, 4) is 11.4 Å². The summed E-state index contributed by atoms with van der Waals surface area (Å²) in [6.45, 7) is 4.25. The molecular formula is C22H22BrClN4O2. The molecule has 1 fully saturated rings. The highest BCUT2D eigenvalue weighted by atomic mass is 79.9. The number of nitrogens with zero attached hydrogens (tertiary/aromatic N) is 3. The van der Waals surface area contributed by atoms with Gasteiger partial charge in [-0.05, 0) is 67.0 Å². The lowest BCUT2D eigenvalue weighted by atomic mass is 9.96. The maximum atomic E-state index is 12.6. The van der Waals surface area contributed by atoms with E-state index >= 15 is 0 Å². The third kappa shape index (κ3) is 5.09. The zero-order chi connectivity index (χ0) is 21.1. The molecule has 0 saturated carbocycles. The third-order valence-electron chi connectivity index (χ3n) is 5.28. The number of halogens is 2. The van der Waals surface area contributed by atoms with Crippen LogP contribution in [0.5, 0.6) is 0 Å². The maximum absolute atomic E-state index is 12.6. The van der Waals surface area contributed by atoms with Crippen molar-refractivity contribution >= 4 is 39.1 Å². The van der Waals surface area contributed by atoms with Gasteiger partial charge in [0, 0.05) is 21.6 Å². The molecule has 1 aromatic heterocycles. The lowest BCUT2D eigenvalue weighted by Crippen LogP contribution is -2.37. The smallest absolute Gasteiger partial charge is 0.241 e. The fraction of sp³-hybridized carbons (Fsp3) is 0.318. The second-order valence-corrected chi connectivity index (χ2v) is 8.81. The van der Waals surface area contributed by atoms with E-state index in [9.17, 15) is 4.79 Å². The normalized spacial score (nSPS) is 15.3. The van der Waals surface area contributed by atoms with Crippen molar-refractivity contribution in [3.63, 3.8) is 0 Å². The highest BCUT2D eigenvalue weighted by Gasteiger charge is 2.26. The summed E-state index contributed by atoms with van der Waals surface area (Å²) in [6, 6.07) is 13.5. The first-order valence-corrected chi connectivity index (χ1v) is 11.0. The minimum absolute atomic E-state index is 0.0190. The van der Waals surface area contributed by atoms with Crippen molar-refractivity contribution < 1.29 is 9.32 Å². The minimum atomic E-state index is -0.0190. The number of hydrogen-bond acceptors (Lipinski definition) is 5. The SMILES string of the molecule is Cc1ccc(-c2noc(CN3CCC(C(=O)Nc4ccc(Br)c(Cl)c4)CC3)n2)cc1. The summed E-state index contributed by atoms with van der Waals surface area (Å²) in [5, 5.41) is 7.64. The number of anilines is 1. The number of carbonyl (C=O) groups excluding carboxylic acids is 1. The van der Waals surface area contributed by atoms with Crippen LogP contribution >= 0.6 is 27.5 Å². The molecule has 1 amide bonds. The molecule has 30 heavy (non-hydrogen) atoms. The van der Waals surface area contributed by atoms with Crippen LogP contribution < -0.4 is 5.32 Å². The van der Waals surface area contributed by atoms with E-state index in [4.69, 9.17) is 16.1 Å². The highest BCUT2D eigenvalue weighted by Crippen LogP contribution is 2.27. The van der Waals surface area contributed by atoms with E-state index in [1.165, 1.54) is 5.56 Å². The van der Waals surface area contributed by atoms with Crippen LogP contribution in [-0.2, 0) is 11.3 Å². The number of aromatic nitrogens is 2. The van der Waals surface area contributed by atoms with Gasteiger partial charge in [-0.25, -0.2) is 0 Å². The van der Waals surface area contributed by atoms with Gasteiger partial charge in [-0.15, -0.1) is 0 Å². The molecule has 0 atom stereocenters. The molecule has 6 nitrogen and oxygen atoms in total. The van der Waals surface area contributed by atoms with Crippen LogP contribution in [0.15, 0.2) is 51.5 Å². The van der Waals surface area contributed by atoms with E-state index in [0.29, 0.717) is 29.0 Å². The molecule has 2 heterocycles. The predicted molar refractivity (Wildman–Crippen MR) is 120 cm³/mol. The van der Waals surface area contributed by atoms with Crippen molar-refractivity contribution in [3.05, 3.63) is 63.4 Å². The van der Waals surface area contributed by atoms with Crippen molar-refractivity contribution in [2.24, 2.45) is 5.92 Å². The van der Waals surface area contributed by atoms with Crippen LogP contribution in [0.3, 0.4) is 0 Å². The summed E-state index contributed by atoms with van der Waals surface area (Å²) < 4.78 is 6.24. The molecule has 8 heteroatoms. The number of likely N-dealkylation sites (tertiary alicyclic amines) is 1. The number of aryl methyl sites for hydroxylation is 1. The number of nitrogens with one attached hydrogen (secondary N) is 1. The molecule has 0 spiro atoms. The largest absolute Gasteiger partial charge is 0.338 e. The standard InChI is InChI=1S/C22H22BrClN4O2/c1-14-2-4-15(5-3-14)21-26-20(30-27-21)13-28-10-8-16(9-11-28)22(29)25-17-6-7-18(23)19(24)12-17/h2-7,12,16H,8-11,13H2,1H3,(H,25,29). The van der Waals surface area contributed by atoms with E-state index in [0.717, 1.165) is 36.0 Å². The Morgan fingerprint density at radius 3 is 2.67 bits per heavy atom. The number of benzene rings is 2. The van der Waals surface area contributed by atoms with Gasteiger partial charge in [-0.1, -0.05) is 46.6 Å². The predicted octanol–water partition coefficient (Wildman–Crippen LogP) is 5.31. The van der Waals surface area contributed by atoms with Gasteiger partial charge in [-0.2, -0.15) is 4.98 Å². The average Bonchev–Trinajstić information content (AvgIpc) is 3.20. The number of rotatable bonds is 5. The van der Waals surface area contributed by atoms with Crippen LogP contribution in [-0.4, -0.2) is 34.0 Å². The monoisotopic (exact) mass is 488 g/mol. The Morgan fingerprint density at radius 2 is 1.97 bits per heavy atom. The van der Waals surface area contributed by atoms with Crippen LogP contribution in [0.1, 0.15) is 24.3 Å². The molecule has 156 valence electrons. The Hall–Kier alpha value is -2.22. The van der Waals surface area contributed by atoms with Gasteiger partial charge in [0.1, 0.15) is 0 Å². The number of carbonyl (C=O) groups is 1. The van der Waals surface area contributed by atoms with Gasteiger partial charge in [0.05, 0.1) is 11.6 Å². The Labute approximate surface area is 188 Å². The molecule has 3 aromatic rings. The highest BCUT2D eigenvalue weighted by molar-refractivity contribution is 9.10. The summed E-state index contributed by atoms with van der Waals surface area (Å²) in [5.74, 6) is 1.22. The Kier molecular flexibility index (Phi) is 6.51. The molecular weight excluding hydrogens is 468 g/mol. The van der Waals surface area contributed by atoms with Crippen molar-refractivity contribution in [1.29, 1.82) is 0 Å². The number of hydrogen-bond donors (Lipinski definition) is 1. The summed E-state index contributed by atoms with van der Waals surface area (Å²) in [7, 11) is 0. The molecule has 0 aliphatic carbocycles. The molecule has 0 radical (unpaired) electrons. The topological polar surface area (TPSA) is 71.3 Å². The third-order valence-corrected chi connectivity index (χ3v) is 6.51. The van der Waals surface area contributed by atoms with Gasteiger partial charge in [0.2, 0.25) is 17.6 Å². The van der Waals surface area contributed by atoms with E-state index in [2.05, 4.69) is 36.3 Å². The molecule has 1 saturated heterocycles. The van der Waals surface area contributed by atoms with Gasteiger partial charge in [0.25, 0.3) is 0 Å². The Bertz CT molecular complexity index is 1030. The summed E-state index contributed by atoms with van der Waals surface area (Å²) in [5.41, 5.74) is 2.85. The van der Waals surface area contributed by atoms with Crippen molar-refractivity contribution in [2.75, 3.05) is 18.4 Å². The molecule has 4 rings (SSSR count). The van der Waals surface area contributed by atoms with E-state index < -0.39 is 0 Å². The quantitative estimate of drug-likeness (QED) is 0.526. The van der Waals surface area contributed by atoms with Gasteiger partial charge >= 0.3 is 0 Å². The van der Waals surface area contributed by atoms with E-state index in [-0.39, 0.29) is 11.8 Å². The van der Waals surface area contributed by atoms with Crippen LogP contribution in [0, 0.1) is 12.8 Å². The van der Waals surface area contributed by atoms with Crippen LogP contribution in [0.2, 0.25) is 5.02 Å². The molecule has 1 N–H and O–H groups in total. The molecule has 1 aliphatic heterocycles. The van der Waals surface area contributed by atoms with Crippen LogP contribution in [0.4, 0.5) is 5.69 Å². The lowest BCUT2D eigenvalue weighted by molar-refractivity contribution is -0.121. The second-order valence-electron chi connectivity index (χ2n) is 7.55. The molecule has 2 aromatic carbocycles. The fourth-order valence-corrected chi connectivity index (χ4v) is 3.93. The zero-order valence-corrected chi connectivity index (χ0v) is 18.9. The Balaban J connectivity index is 1.29. The first-order valence-electron chi connectivity index (χ1n) is 9.86. The number of piperidine rings is 1. The summed E-state index contributed by atoms with van der Waals surface area (Å²) in [6.07, 6.45) is 1.57. The first-order chi connectivity index (χ1) is 14.5. The fourth-order valence-electron chi connectivity index (χ4n) is 3.50. The lowest BCUT2D eigenvalue weighted by Gasteiger charge is -2.30. The second kappa shape index (κ2) is 9.29. The van der Waals surface area contributed by atoms with Gasteiger partial charge in [0.15, 0.2) is 0 Å². The molecule has 0 bridgehead atoms.